The summed E-state index contributed by atoms with van der Waals surface area (Å²) in [5.74, 6) is 1.13. The topological polar surface area (TPSA) is 38.8 Å². The number of rotatable bonds is 6. The zero-order chi connectivity index (χ0) is 17.0. The average Bonchev–Trinajstić information content (AvgIpc) is 2.80. The summed E-state index contributed by atoms with van der Waals surface area (Å²) in [6, 6.07) is 3.63. The third kappa shape index (κ3) is 3.97. The molecule has 1 saturated heterocycles. The number of nitrogens with zero attached hydrogens (tertiary/aromatic N) is 1. The maximum absolute atomic E-state index is 12.3. The molecule has 0 bridgehead atoms. The Labute approximate surface area is 153 Å². The molecule has 0 unspecified atom stereocenters. The Hall–Kier alpha value is -1.31. The van der Waals surface area contributed by atoms with Gasteiger partial charge in [0.25, 0.3) is 5.91 Å². The molecule has 1 aliphatic heterocycles. The minimum Gasteiger partial charge on any atom is -0.493 e. The lowest BCUT2D eigenvalue weighted by Crippen LogP contribution is -2.27. The number of carbonyl (C=O) groups excluding carboxylic acids is 1. The van der Waals surface area contributed by atoms with Crippen LogP contribution in [0.3, 0.4) is 0 Å². The Morgan fingerprint density at radius 3 is 2.74 bits per heavy atom. The van der Waals surface area contributed by atoms with E-state index >= 15 is 0 Å². The van der Waals surface area contributed by atoms with Crippen molar-refractivity contribution < 1.29 is 14.3 Å². The van der Waals surface area contributed by atoms with Crippen LogP contribution in [0.25, 0.3) is 6.08 Å². The number of thiocarbonyl (C=S) groups is 1. The van der Waals surface area contributed by atoms with Gasteiger partial charge in [-0.05, 0) is 30.7 Å². The van der Waals surface area contributed by atoms with Crippen LogP contribution in [0.15, 0.2) is 34.2 Å². The predicted octanol–water partition coefficient (Wildman–Crippen LogP) is 4.24. The SMILES string of the molecule is C=CCOc1cc(Br)c(C=C2SC(=S)N(CC)C2=O)cc1OC. The molecule has 0 aliphatic carbocycles. The van der Waals surface area contributed by atoms with Crippen molar-refractivity contribution in [2.45, 2.75) is 6.92 Å². The van der Waals surface area contributed by atoms with Crippen LogP contribution in [0.1, 0.15) is 12.5 Å². The van der Waals surface area contributed by atoms with Crippen molar-refractivity contribution in [2.75, 3.05) is 20.3 Å². The summed E-state index contributed by atoms with van der Waals surface area (Å²) in [6.07, 6.45) is 3.47. The molecule has 0 aromatic heterocycles. The third-order valence-electron chi connectivity index (χ3n) is 3.12. The summed E-state index contributed by atoms with van der Waals surface area (Å²) in [6.45, 7) is 6.48. The molecule has 0 radical (unpaired) electrons. The lowest BCUT2D eigenvalue weighted by molar-refractivity contribution is -0.121. The van der Waals surface area contributed by atoms with E-state index in [0.29, 0.717) is 33.9 Å². The summed E-state index contributed by atoms with van der Waals surface area (Å²) in [7, 11) is 1.57. The summed E-state index contributed by atoms with van der Waals surface area (Å²) in [4.78, 5) is 14.5. The molecular formula is C16H16BrNO3S2. The number of methoxy groups -OCH3 is 1. The lowest BCUT2D eigenvalue weighted by Gasteiger charge is -2.12. The van der Waals surface area contributed by atoms with Gasteiger partial charge in [-0.2, -0.15) is 0 Å². The minimum absolute atomic E-state index is 0.0691. The maximum Gasteiger partial charge on any atom is 0.266 e. The van der Waals surface area contributed by atoms with Gasteiger partial charge in [0.15, 0.2) is 11.5 Å². The molecule has 1 amide bonds. The van der Waals surface area contributed by atoms with Crippen molar-refractivity contribution in [1.29, 1.82) is 0 Å². The summed E-state index contributed by atoms with van der Waals surface area (Å²) in [5.41, 5.74) is 0.824. The molecule has 1 aliphatic rings. The Morgan fingerprint density at radius 2 is 2.17 bits per heavy atom. The van der Waals surface area contributed by atoms with Crippen LogP contribution in [0.2, 0.25) is 0 Å². The van der Waals surface area contributed by atoms with Gasteiger partial charge in [0.1, 0.15) is 10.9 Å². The van der Waals surface area contributed by atoms with Gasteiger partial charge in [0, 0.05) is 11.0 Å². The molecule has 1 heterocycles. The van der Waals surface area contributed by atoms with E-state index in [0.717, 1.165) is 10.0 Å². The monoisotopic (exact) mass is 413 g/mol. The number of hydrogen-bond donors (Lipinski definition) is 0. The van der Waals surface area contributed by atoms with Crippen LogP contribution < -0.4 is 9.47 Å². The van der Waals surface area contributed by atoms with Crippen molar-refractivity contribution in [3.63, 3.8) is 0 Å². The first-order valence-corrected chi connectivity index (χ1v) is 8.90. The summed E-state index contributed by atoms with van der Waals surface area (Å²) in [5, 5.41) is 0. The van der Waals surface area contributed by atoms with Crippen LogP contribution >= 0.6 is 39.9 Å². The van der Waals surface area contributed by atoms with Crippen LogP contribution in [0.4, 0.5) is 0 Å². The number of likely N-dealkylation sites (N-methyl/N-ethyl adjacent to an activating group) is 1. The van der Waals surface area contributed by atoms with Crippen LogP contribution in [-0.4, -0.2) is 35.4 Å². The predicted molar refractivity (Wildman–Crippen MR) is 102 cm³/mol. The molecule has 23 heavy (non-hydrogen) atoms. The maximum atomic E-state index is 12.3. The molecule has 2 rings (SSSR count). The van der Waals surface area contributed by atoms with E-state index in [1.165, 1.54) is 11.8 Å². The highest BCUT2D eigenvalue weighted by molar-refractivity contribution is 9.10. The number of amides is 1. The fourth-order valence-electron chi connectivity index (χ4n) is 2.00. The first-order chi connectivity index (χ1) is 11.0. The molecule has 1 fully saturated rings. The van der Waals surface area contributed by atoms with E-state index in [9.17, 15) is 4.79 Å². The van der Waals surface area contributed by atoms with Gasteiger partial charge in [-0.25, -0.2) is 0 Å². The fourth-order valence-corrected chi connectivity index (χ4v) is 3.81. The van der Waals surface area contributed by atoms with E-state index < -0.39 is 0 Å². The standard InChI is InChI=1S/C16H16BrNO3S2/c1-4-6-21-13-9-11(17)10(7-12(13)20-3)8-14-15(19)18(5-2)16(22)23-14/h4,7-9H,1,5-6H2,2-3H3. The van der Waals surface area contributed by atoms with E-state index in [1.54, 1.807) is 24.2 Å². The largest absolute Gasteiger partial charge is 0.493 e. The third-order valence-corrected chi connectivity index (χ3v) is 5.18. The van der Waals surface area contributed by atoms with Crippen molar-refractivity contribution in [3.05, 3.63) is 39.7 Å². The van der Waals surface area contributed by atoms with Gasteiger partial charge in [0.2, 0.25) is 0 Å². The lowest BCUT2D eigenvalue weighted by atomic mass is 10.2. The second-order valence-corrected chi connectivity index (χ2v) is 7.08. The number of thioether (sulfide) groups is 1. The Bertz CT molecular complexity index is 688. The summed E-state index contributed by atoms with van der Waals surface area (Å²) >= 11 is 10.0. The average molecular weight is 414 g/mol. The van der Waals surface area contributed by atoms with Gasteiger partial charge in [0.05, 0.1) is 12.0 Å². The van der Waals surface area contributed by atoms with Crippen molar-refractivity contribution >= 4 is 56.2 Å². The van der Waals surface area contributed by atoms with E-state index in [-0.39, 0.29) is 5.91 Å². The van der Waals surface area contributed by atoms with Gasteiger partial charge in [-0.1, -0.05) is 52.6 Å². The van der Waals surface area contributed by atoms with Crippen molar-refractivity contribution in [2.24, 2.45) is 0 Å². The zero-order valence-corrected chi connectivity index (χ0v) is 16.0. The molecule has 4 nitrogen and oxygen atoms in total. The van der Waals surface area contributed by atoms with Gasteiger partial charge < -0.3 is 9.47 Å². The zero-order valence-electron chi connectivity index (χ0n) is 12.8. The van der Waals surface area contributed by atoms with Crippen LogP contribution in [-0.2, 0) is 4.79 Å². The van der Waals surface area contributed by atoms with Gasteiger partial charge in [-0.3, -0.25) is 9.69 Å². The van der Waals surface area contributed by atoms with Crippen LogP contribution in [0, 0.1) is 0 Å². The van der Waals surface area contributed by atoms with Crippen LogP contribution in [0.5, 0.6) is 11.5 Å². The Balaban J connectivity index is 2.37. The van der Waals surface area contributed by atoms with E-state index in [1.807, 2.05) is 19.1 Å². The second-order valence-electron chi connectivity index (χ2n) is 4.55. The molecule has 0 atom stereocenters. The smallest absolute Gasteiger partial charge is 0.266 e. The molecular weight excluding hydrogens is 398 g/mol. The first kappa shape index (κ1) is 18.0. The number of hydrogen-bond acceptors (Lipinski definition) is 5. The van der Waals surface area contributed by atoms with Gasteiger partial charge >= 0.3 is 0 Å². The van der Waals surface area contributed by atoms with E-state index in [2.05, 4.69) is 22.5 Å². The molecule has 1 aromatic carbocycles. The number of benzene rings is 1. The normalized spacial score (nSPS) is 16.1. The highest BCUT2D eigenvalue weighted by Gasteiger charge is 2.30. The van der Waals surface area contributed by atoms with Crippen molar-refractivity contribution in [3.8, 4) is 11.5 Å². The Kier molecular flexibility index (Phi) is 6.26. The quantitative estimate of drug-likeness (QED) is 0.396. The number of ether oxygens (including phenoxy) is 2. The molecule has 122 valence electrons. The molecule has 0 N–H and O–H groups in total. The second kappa shape index (κ2) is 7.99. The first-order valence-electron chi connectivity index (χ1n) is 6.88. The molecule has 0 saturated carbocycles. The highest BCUT2D eigenvalue weighted by atomic mass is 79.9. The highest BCUT2D eigenvalue weighted by Crippen LogP contribution is 2.38. The summed E-state index contributed by atoms with van der Waals surface area (Å²) < 4.78 is 12.3. The molecule has 7 heteroatoms. The minimum atomic E-state index is -0.0691. The molecule has 0 spiro atoms. The van der Waals surface area contributed by atoms with Crippen molar-refractivity contribution in [1.82, 2.24) is 4.90 Å². The van der Waals surface area contributed by atoms with Gasteiger partial charge in [-0.15, -0.1) is 0 Å². The number of halogens is 1. The fraction of sp³-hybridized carbons (Fsp3) is 0.250. The van der Waals surface area contributed by atoms with E-state index in [4.69, 9.17) is 21.7 Å². The number of carbonyl (C=O) groups is 1. The molecule has 1 aromatic rings. The Morgan fingerprint density at radius 1 is 1.43 bits per heavy atom.